The van der Waals surface area contributed by atoms with Gasteiger partial charge in [-0.15, -0.1) is 0 Å². The van der Waals surface area contributed by atoms with Gasteiger partial charge in [0, 0.05) is 26.0 Å². The first kappa shape index (κ1) is 17.7. The molecule has 0 aromatic heterocycles. The number of carboxylic acid groups (broad SMARTS) is 1. The molecule has 4 atom stereocenters. The van der Waals surface area contributed by atoms with Crippen molar-refractivity contribution >= 4 is 11.9 Å². The number of nitrogens with zero attached hydrogens (tertiary/aromatic N) is 1. The van der Waals surface area contributed by atoms with E-state index in [0.29, 0.717) is 12.0 Å². The van der Waals surface area contributed by atoms with Gasteiger partial charge in [0.1, 0.15) is 6.04 Å². The molecule has 0 bridgehead atoms. The van der Waals surface area contributed by atoms with Gasteiger partial charge >= 0.3 is 12.1 Å². The van der Waals surface area contributed by atoms with Crippen molar-refractivity contribution in [3.8, 4) is 0 Å². The number of carboxylic acids is 1. The number of benzene rings is 1. The van der Waals surface area contributed by atoms with Crippen molar-refractivity contribution in [2.75, 3.05) is 13.7 Å². The second-order valence-corrected chi connectivity index (χ2v) is 6.51. The maximum absolute atomic E-state index is 12.8. The Balaban J connectivity index is 1.73. The molecular formula is C17H18F3NO4. The van der Waals surface area contributed by atoms with Crippen molar-refractivity contribution in [1.82, 2.24) is 4.90 Å². The zero-order chi connectivity index (χ0) is 18.4. The van der Waals surface area contributed by atoms with Crippen LogP contribution in [0.3, 0.4) is 0 Å². The van der Waals surface area contributed by atoms with E-state index in [1.807, 2.05) is 0 Å². The number of carbonyl (C=O) groups is 2. The lowest BCUT2D eigenvalue weighted by Crippen LogP contribution is -2.41. The number of halogens is 3. The number of hydrogen-bond acceptors (Lipinski definition) is 3. The monoisotopic (exact) mass is 357 g/mol. The Labute approximate surface area is 142 Å². The Morgan fingerprint density at radius 1 is 1.28 bits per heavy atom. The summed E-state index contributed by atoms with van der Waals surface area (Å²) >= 11 is 0. The first-order valence-corrected chi connectivity index (χ1v) is 7.95. The molecule has 0 spiro atoms. The van der Waals surface area contributed by atoms with Gasteiger partial charge in [0.15, 0.2) is 0 Å². The van der Waals surface area contributed by atoms with Crippen LogP contribution in [0, 0.1) is 5.92 Å². The minimum absolute atomic E-state index is 0.193. The lowest BCUT2D eigenvalue weighted by atomic mass is 10.0. The third-order valence-corrected chi connectivity index (χ3v) is 4.91. The van der Waals surface area contributed by atoms with E-state index in [-0.39, 0.29) is 30.9 Å². The van der Waals surface area contributed by atoms with E-state index in [4.69, 9.17) is 4.74 Å². The van der Waals surface area contributed by atoms with E-state index in [1.165, 1.54) is 18.1 Å². The maximum atomic E-state index is 12.8. The predicted molar refractivity (Wildman–Crippen MR) is 80.8 cm³/mol. The minimum Gasteiger partial charge on any atom is -0.480 e. The van der Waals surface area contributed by atoms with Crippen LogP contribution in [-0.2, 0) is 20.5 Å². The molecule has 1 aromatic carbocycles. The smallest absolute Gasteiger partial charge is 0.416 e. The molecular weight excluding hydrogens is 339 g/mol. The van der Waals surface area contributed by atoms with Crippen molar-refractivity contribution in [1.29, 1.82) is 0 Å². The number of aliphatic carboxylic acids is 1. The van der Waals surface area contributed by atoms with Crippen molar-refractivity contribution < 1.29 is 32.6 Å². The molecule has 1 saturated heterocycles. The van der Waals surface area contributed by atoms with Gasteiger partial charge in [-0.25, -0.2) is 4.79 Å². The summed E-state index contributed by atoms with van der Waals surface area (Å²) < 4.78 is 43.6. The lowest BCUT2D eigenvalue weighted by Gasteiger charge is -2.21. The van der Waals surface area contributed by atoms with Gasteiger partial charge in [0.25, 0.3) is 0 Å². The molecule has 1 aliphatic carbocycles. The highest BCUT2D eigenvalue weighted by molar-refractivity contribution is 5.88. The topological polar surface area (TPSA) is 66.8 Å². The van der Waals surface area contributed by atoms with Gasteiger partial charge < -0.3 is 14.7 Å². The molecule has 4 unspecified atom stereocenters. The van der Waals surface area contributed by atoms with Crippen molar-refractivity contribution in [3.63, 3.8) is 0 Å². The summed E-state index contributed by atoms with van der Waals surface area (Å²) in [5.41, 5.74) is -0.283. The number of hydrogen-bond donors (Lipinski definition) is 1. The molecule has 1 N–H and O–H groups in total. The van der Waals surface area contributed by atoms with E-state index >= 15 is 0 Å². The van der Waals surface area contributed by atoms with Crippen LogP contribution >= 0.6 is 0 Å². The minimum atomic E-state index is -4.43. The highest BCUT2D eigenvalue weighted by Gasteiger charge is 2.50. The summed E-state index contributed by atoms with van der Waals surface area (Å²) in [5, 5.41) is 9.28. The lowest BCUT2D eigenvalue weighted by molar-refractivity contribution is -0.148. The fraction of sp³-hybridized carbons (Fsp3) is 0.529. The largest absolute Gasteiger partial charge is 0.480 e. The first-order valence-electron chi connectivity index (χ1n) is 7.95. The fourth-order valence-corrected chi connectivity index (χ4v) is 3.44. The van der Waals surface area contributed by atoms with E-state index in [9.17, 15) is 27.9 Å². The summed E-state index contributed by atoms with van der Waals surface area (Å²) in [6.45, 7) is 0.193. The van der Waals surface area contributed by atoms with Crippen LogP contribution in [0.2, 0.25) is 0 Å². The van der Waals surface area contributed by atoms with Gasteiger partial charge in [0.05, 0.1) is 11.7 Å². The van der Waals surface area contributed by atoms with E-state index in [0.717, 1.165) is 12.1 Å². The Hall–Kier alpha value is -2.09. The number of rotatable bonds is 4. The third kappa shape index (κ3) is 3.49. The summed E-state index contributed by atoms with van der Waals surface area (Å²) in [6.07, 6.45) is -4.12. The second kappa shape index (κ2) is 6.33. The van der Waals surface area contributed by atoms with Crippen LogP contribution in [0.25, 0.3) is 0 Å². The number of alkyl halides is 3. The Morgan fingerprint density at radius 3 is 2.60 bits per heavy atom. The molecule has 25 heavy (non-hydrogen) atoms. The summed E-state index contributed by atoms with van der Waals surface area (Å²) in [5.74, 6) is -2.19. The molecule has 2 fully saturated rings. The van der Waals surface area contributed by atoms with Crippen LogP contribution in [0.15, 0.2) is 24.3 Å². The van der Waals surface area contributed by atoms with Crippen LogP contribution in [0.5, 0.6) is 0 Å². The Kier molecular flexibility index (Phi) is 4.49. The molecule has 8 heteroatoms. The molecule has 1 saturated carbocycles. The van der Waals surface area contributed by atoms with Gasteiger partial charge in [-0.05, 0) is 24.0 Å². The van der Waals surface area contributed by atoms with E-state index < -0.39 is 29.7 Å². The maximum Gasteiger partial charge on any atom is 0.416 e. The molecule has 2 aliphatic rings. The van der Waals surface area contributed by atoms with E-state index in [2.05, 4.69) is 0 Å². The standard InChI is InChI=1S/C17H18F3NO4/c1-25-11-6-14(16(23)24)21(8-11)15(22)13-7-12(13)9-3-2-4-10(5-9)17(18,19)20/h2-5,11-14H,6-8H2,1H3,(H,23,24). The molecule has 1 aliphatic heterocycles. The van der Waals surface area contributed by atoms with Gasteiger partial charge in [-0.3, -0.25) is 4.79 Å². The number of carbonyl (C=O) groups excluding carboxylic acids is 1. The molecule has 1 heterocycles. The van der Waals surface area contributed by atoms with Crippen molar-refractivity contribution in [2.45, 2.75) is 37.1 Å². The number of methoxy groups -OCH3 is 1. The Morgan fingerprint density at radius 2 is 2.00 bits per heavy atom. The molecule has 5 nitrogen and oxygen atoms in total. The van der Waals surface area contributed by atoms with Gasteiger partial charge in [-0.2, -0.15) is 13.2 Å². The first-order chi connectivity index (χ1) is 11.7. The van der Waals surface area contributed by atoms with Gasteiger partial charge in [0.2, 0.25) is 5.91 Å². The van der Waals surface area contributed by atoms with Crippen molar-refractivity contribution in [2.24, 2.45) is 5.92 Å². The average Bonchev–Trinajstić information content (AvgIpc) is 3.24. The zero-order valence-electron chi connectivity index (χ0n) is 13.5. The molecule has 3 rings (SSSR count). The Bertz CT molecular complexity index is 691. The highest BCUT2D eigenvalue weighted by atomic mass is 19.4. The van der Waals surface area contributed by atoms with Crippen LogP contribution in [0.1, 0.15) is 29.9 Å². The summed E-state index contributed by atoms with van der Waals surface area (Å²) in [4.78, 5) is 25.3. The highest BCUT2D eigenvalue weighted by Crippen LogP contribution is 2.50. The normalized spacial score (nSPS) is 28.9. The second-order valence-electron chi connectivity index (χ2n) is 6.51. The summed E-state index contributed by atoms with van der Waals surface area (Å²) in [7, 11) is 1.46. The molecule has 1 aromatic rings. The quantitative estimate of drug-likeness (QED) is 0.899. The number of ether oxygens (including phenoxy) is 1. The number of amides is 1. The molecule has 136 valence electrons. The number of likely N-dealkylation sites (tertiary alicyclic amines) is 1. The van der Waals surface area contributed by atoms with Gasteiger partial charge in [-0.1, -0.05) is 18.2 Å². The van der Waals surface area contributed by atoms with Crippen LogP contribution in [-0.4, -0.2) is 47.7 Å². The SMILES string of the molecule is COC1CC(C(=O)O)N(C(=O)C2CC2c2cccc(C(F)(F)F)c2)C1. The third-order valence-electron chi connectivity index (χ3n) is 4.91. The fourth-order valence-electron chi connectivity index (χ4n) is 3.44. The molecule has 0 radical (unpaired) electrons. The van der Waals surface area contributed by atoms with Crippen LogP contribution in [0.4, 0.5) is 13.2 Å². The molecule has 1 amide bonds. The van der Waals surface area contributed by atoms with Crippen LogP contribution < -0.4 is 0 Å². The summed E-state index contributed by atoms with van der Waals surface area (Å²) in [6, 6.07) is 4.01. The van der Waals surface area contributed by atoms with Crippen molar-refractivity contribution in [3.05, 3.63) is 35.4 Å². The predicted octanol–water partition coefficient (Wildman–Crippen LogP) is 2.51. The average molecular weight is 357 g/mol. The zero-order valence-corrected chi connectivity index (χ0v) is 13.5. The van der Waals surface area contributed by atoms with E-state index in [1.54, 1.807) is 6.07 Å².